The molecule has 3 aliphatic rings. The summed E-state index contributed by atoms with van der Waals surface area (Å²) in [5.41, 5.74) is 6.92. The van der Waals surface area contributed by atoms with Gasteiger partial charge in [-0.2, -0.15) is 0 Å². The lowest BCUT2D eigenvalue weighted by molar-refractivity contribution is -0.161. The molecular formula is C20H19ClN4O3. The van der Waals surface area contributed by atoms with Gasteiger partial charge >= 0.3 is 0 Å². The second-order valence-electron chi connectivity index (χ2n) is 7.55. The van der Waals surface area contributed by atoms with Crippen LogP contribution in [0, 0.1) is 0 Å². The molecule has 0 bridgehead atoms. The third-order valence-electron chi connectivity index (χ3n) is 5.79. The number of hydrogen-bond donors (Lipinski definition) is 1. The lowest BCUT2D eigenvalue weighted by atomic mass is 9.87. The summed E-state index contributed by atoms with van der Waals surface area (Å²) in [4.78, 5) is 22.8. The van der Waals surface area contributed by atoms with E-state index in [1.165, 1.54) is 6.08 Å². The fourth-order valence-electron chi connectivity index (χ4n) is 4.10. The number of nitrogens with zero attached hydrogens (tertiary/aromatic N) is 3. The minimum Gasteiger partial charge on any atom is -0.490 e. The Morgan fingerprint density at radius 1 is 1.36 bits per heavy atom. The molecule has 1 amide bonds. The Kier molecular flexibility index (Phi) is 3.70. The van der Waals surface area contributed by atoms with Crippen molar-refractivity contribution in [3.8, 4) is 17.0 Å². The van der Waals surface area contributed by atoms with E-state index >= 15 is 0 Å². The first kappa shape index (κ1) is 17.5. The summed E-state index contributed by atoms with van der Waals surface area (Å²) in [6.07, 6.45) is 4.85. The number of carbonyl (C=O) groups is 1. The number of nitrogen functional groups attached to an aromatic ring is 1. The molecule has 144 valence electrons. The van der Waals surface area contributed by atoms with Gasteiger partial charge in [-0.1, -0.05) is 18.2 Å². The lowest BCUT2D eigenvalue weighted by Crippen LogP contribution is -2.60. The van der Waals surface area contributed by atoms with E-state index in [1.807, 2.05) is 11.0 Å². The zero-order valence-electron chi connectivity index (χ0n) is 15.2. The van der Waals surface area contributed by atoms with E-state index in [0.717, 1.165) is 18.4 Å². The molecule has 2 fully saturated rings. The van der Waals surface area contributed by atoms with Crippen LogP contribution >= 0.6 is 11.6 Å². The Hall–Kier alpha value is -2.64. The molecular weight excluding hydrogens is 380 g/mol. The Morgan fingerprint density at radius 2 is 2.18 bits per heavy atom. The number of amides is 1. The van der Waals surface area contributed by atoms with Gasteiger partial charge in [0.1, 0.15) is 17.9 Å². The van der Waals surface area contributed by atoms with Crippen LogP contribution in [-0.2, 0) is 15.1 Å². The Labute approximate surface area is 167 Å². The third-order valence-corrected chi connectivity index (χ3v) is 6.01. The number of hydrogen-bond acceptors (Lipinski definition) is 6. The van der Waals surface area contributed by atoms with Gasteiger partial charge in [-0.15, -0.1) is 0 Å². The third kappa shape index (κ3) is 2.50. The van der Waals surface area contributed by atoms with E-state index in [-0.39, 0.29) is 24.1 Å². The van der Waals surface area contributed by atoms with Crippen molar-refractivity contribution in [2.24, 2.45) is 0 Å². The SMILES string of the molecule is C=CC(=O)N1CC2(CC2)OCC12COc1c(-c3ccnc(N)n3)cc(Cl)cc12. The van der Waals surface area contributed by atoms with Crippen molar-refractivity contribution >= 4 is 23.5 Å². The molecule has 1 saturated carbocycles. The standard InChI is InChI=1S/C20H19ClN4O3/c1-2-16(26)25-9-19(4-5-19)28-11-20(25)10-27-17-13(7-12(21)8-14(17)20)15-3-6-23-18(22)24-15/h2-3,6-8H,1,4-5,9-11H2,(H2,22,23,24). The van der Waals surface area contributed by atoms with Crippen LogP contribution in [-0.4, -0.2) is 46.1 Å². The van der Waals surface area contributed by atoms with Crippen molar-refractivity contribution in [2.75, 3.05) is 25.5 Å². The van der Waals surface area contributed by atoms with Gasteiger partial charge in [0.2, 0.25) is 11.9 Å². The van der Waals surface area contributed by atoms with E-state index < -0.39 is 5.54 Å². The molecule has 8 heteroatoms. The van der Waals surface area contributed by atoms with Crippen LogP contribution in [0.25, 0.3) is 11.3 Å². The van der Waals surface area contributed by atoms with Crippen molar-refractivity contribution in [3.63, 3.8) is 0 Å². The minimum absolute atomic E-state index is 0.140. The predicted molar refractivity (Wildman–Crippen MR) is 104 cm³/mol. The van der Waals surface area contributed by atoms with Crippen LogP contribution in [0.4, 0.5) is 5.95 Å². The quantitative estimate of drug-likeness (QED) is 0.782. The zero-order chi connectivity index (χ0) is 19.5. The van der Waals surface area contributed by atoms with Crippen LogP contribution < -0.4 is 10.5 Å². The summed E-state index contributed by atoms with van der Waals surface area (Å²) in [6.45, 7) is 4.83. The van der Waals surface area contributed by atoms with Crippen LogP contribution in [0.1, 0.15) is 18.4 Å². The molecule has 3 heterocycles. The molecule has 1 atom stereocenters. The maximum atomic E-state index is 12.8. The Bertz CT molecular complexity index is 1010. The molecule has 28 heavy (non-hydrogen) atoms. The van der Waals surface area contributed by atoms with E-state index in [1.54, 1.807) is 18.3 Å². The first-order chi connectivity index (χ1) is 13.5. The van der Waals surface area contributed by atoms with E-state index in [4.69, 9.17) is 26.8 Å². The molecule has 7 nitrogen and oxygen atoms in total. The smallest absolute Gasteiger partial charge is 0.246 e. The van der Waals surface area contributed by atoms with Crippen molar-refractivity contribution in [1.82, 2.24) is 14.9 Å². The maximum Gasteiger partial charge on any atom is 0.246 e. The number of fused-ring (bicyclic) bond motifs is 2. The van der Waals surface area contributed by atoms with Gasteiger partial charge in [-0.25, -0.2) is 9.97 Å². The molecule has 1 aromatic heterocycles. The van der Waals surface area contributed by atoms with Gasteiger partial charge in [0.15, 0.2) is 0 Å². The van der Waals surface area contributed by atoms with Crippen LogP contribution in [0.15, 0.2) is 37.1 Å². The molecule has 1 unspecified atom stereocenters. The summed E-state index contributed by atoms with van der Waals surface area (Å²) in [7, 11) is 0. The zero-order valence-corrected chi connectivity index (χ0v) is 15.9. The first-order valence-corrected chi connectivity index (χ1v) is 9.48. The highest BCUT2D eigenvalue weighted by Gasteiger charge is 2.59. The van der Waals surface area contributed by atoms with Gasteiger partial charge in [0.05, 0.1) is 24.4 Å². The van der Waals surface area contributed by atoms with Gasteiger partial charge in [-0.05, 0) is 37.1 Å². The van der Waals surface area contributed by atoms with Crippen molar-refractivity contribution in [2.45, 2.75) is 24.0 Å². The van der Waals surface area contributed by atoms with E-state index in [0.29, 0.717) is 35.2 Å². The first-order valence-electron chi connectivity index (χ1n) is 9.10. The molecule has 1 aromatic carbocycles. The molecule has 2 N–H and O–H groups in total. The molecule has 2 spiro atoms. The molecule has 5 rings (SSSR count). The number of benzene rings is 1. The highest BCUT2D eigenvalue weighted by Crippen LogP contribution is 2.53. The number of halogens is 1. The fourth-order valence-corrected chi connectivity index (χ4v) is 4.32. The van der Waals surface area contributed by atoms with Gasteiger partial charge in [0, 0.05) is 22.3 Å². The predicted octanol–water partition coefficient (Wildman–Crippen LogP) is 2.54. The summed E-state index contributed by atoms with van der Waals surface area (Å²) >= 11 is 6.46. The second kappa shape index (κ2) is 5.93. The number of rotatable bonds is 2. The molecule has 2 aromatic rings. The minimum atomic E-state index is -0.743. The summed E-state index contributed by atoms with van der Waals surface area (Å²) in [6, 6.07) is 5.38. The van der Waals surface area contributed by atoms with Crippen LogP contribution in [0.2, 0.25) is 5.02 Å². The average molecular weight is 399 g/mol. The van der Waals surface area contributed by atoms with Crippen LogP contribution in [0.5, 0.6) is 5.75 Å². The number of nitrogens with two attached hydrogens (primary N) is 1. The monoisotopic (exact) mass is 398 g/mol. The number of carbonyl (C=O) groups excluding carboxylic acids is 1. The number of ether oxygens (including phenoxy) is 2. The highest BCUT2D eigenvalue weighted by molar-refractivity contribution is 6.31. The highest BCUT2D eigenvalue weighted by atomic mass is 35.5. The fraction of sp³-hybridized carbons (Fsp3) is 0.350. The van der Waals surface area contributed by atoms with Gasteiger partial charge < -0.3 is 20.1 Å². The topological polar surface area (TPSA) is 90.6 Å². The van der Waals surface area contributed by atoms with Crippen molar-refractivity contribution in [3.05, 3.63) is 47.6 Å². The molecule has 1 saturated heterocycles. The lowest BCUT2D eigenvalue weighted by Gasteiger charge is -2.46. The van der Waals surface area contributed by atoms with E-state index in [9.17, 15) is 4.79 Å². The second-order valence-corrected chi connectivity index (χ2v) is 7.99. The summed E-state index contributed by atoms with van der Waals surface area (Å²) in [5, 5.41) is 0.522. The molecule has 1 aliphatic carbocycles. The maximum absolute atomic E-state index is 12.8. The van der Waals surface area contributed by atoms with Crippen molar-refractivity contribution < 1.29 is 14.3 Å². The molecule has 0 radical (unpaired) electrons. The van der Waals surface area contributed by atoms with Gasteiger partial charge in [-0.3, -0.25) is 4.79 Å². The van der Waals surface area contributed by atoms with E-state index in [2.05, 4.69) is 16.5 Å². The van der Waals surface area contributed by atoms with Crippen molar-refractivity contribution in [1.29, 1.82) is 0 Å². The number of anilines is 1. The van der Waals surface area contributed by atoms with Gasteiger partial charge in [0.25, 0.3) is 0 Å². The number of aromatic nitrogens is 2. The largest absolute Gasteiger partial charge is 0.490 e. The summed E-state index contributed by atoms with van der Waals surface area (Å²) in [5.74, 6) is 0.664. The van der Waals surface area contributed by atoms with Crippen LogP contribution in [0.3, 0.4) is 0 Å². The Balaban J connectivity index is 1.66. The average Bonchev–Trinajstić information content (AvgIpc) is 3.36. The molecule has 2 aliphatic heterocycles. The summed E-state index contributed by atoms with van der Waals surface area (Å²) < 4.78 is 12.3. The number of morpholine rings is 1. The normalized spacial score (nSPS) is 24.1. The Morgan fingerprint density at radius 3 is 2.89 bits per heavy atom.